The van der Waals surface area contributed by atoms with Crippen LogP contribution in [0.5, 0.6) is 0 Å². The molecule has 0 saturated heterocycles. The topological polar surface area (TPSA) is 86.7 Å². The smallest absolute Gasteiger partial charge is 0.317 e. The first-order valence-corrected chi connectivity index (χ1v) is 9.35. The number of nitrogens with one attached hydrogen (secondary N) is 1. The van der Waals surface area contributed by atoms with Crippen LogP contribution in [-0.4, -0.2) is 46.9 Å². The average molecular weight is 358 g/mol. The van der Waals surface area contributed by atoms with Crippen molar-refractivity contribution in [2.24, 2.45) is 5.92 Å². The van der Waals surface area contributed by atoms with Crippen molar-refractivity contribution in [2.75, 3.05) is 13.1 Å². The van der Waals surface area contributed by atoms with E-state index >= 15 is 0 Å². The number of carbonyl (C=O) groups is 3. The number of hydrogen-bond donors (Lipinski definition) is 2. The van der Waals surface area contributed by atoms with Crippen LogP contribution in [0.25, 0.3) is 0 Å². The third-order valence-corrected chi connectivity index (χ3v) is 5.61. The number of amides is 2. The maximum Gasteiger partial charge on any atom is 0.317 e. The standard InChI is InChI=1S/C20H26N2O4/c1-13(23)16-3-2-14-8-10-22(11-9-17(14)12-16)20(26)21-18-6-4-15(5-7-18)19(24)25/h2-3,12,15,18H,4-11H2,1H3,(H,21,26)(H,24,25). The number of benzene rings is 1. The fourth-order valence-corrected chi connectivity index (χ4v) is 3.90. The highest BCUT2D eigenvalue weighted by molar-refractivity contribution is 5.94. The van der Waals surface area contributed by atoms with Gasteiger partial charge in [0.1, 0.15) is 0 Å². The molecule has 1 aromatic rings. The van der Waals surface area contributed by atoms with E-state index in [9.17, 15) is 14.4 Å². The number of carboxylic acids is 1. The molecule has 0 unspecified atom stereocenters. The van der Waals surface area contributed by atoms with Crippen molar-refractivity contribution in [2.45, 2.75) is 51.5 Å². The fraction of sp³-hybridized carbons (Fsp3) is 0.550. The van der Waals surface area contributed by atoms with Gasteiger partial charge in [0, 0.05) is 24.7 Å². The van der Waals surface area contributed by atoms with Crippen molar-refractivity contribution >= 4 is 17.8 Å². The molecular weight excluding hydrogens is 332 g/mol. The monoisotopic (exact) mass is 358 g/mol. The fourth-order valence-electron chi connectivity index (χ4n) is 3.90. The summed E-state index contributed by atoms with van der Waals surface area (Å²) in [6.07, 6.45) is 4.22. The predicted molar refractivity (Wildman–Crippen MR) is 97.3 cm³/mol. The minimum atomic E-state index is -0.731. The van der Waals surface area contributed by atoms with E-state index < -0.39 is 5.97 Å². The Morgan fingerprint density at radius 1 is 1.04 bits per heavy atom. The molecule has 0 spiro atoms. The number of urea groups is 1. The number of rotatable bonds is 3. The number of ketones is 1. The Morgan fingerprint density at radius 2 is 1.69 bits per heavy atom. The summed E-state index contributed by atoms with van der Waals surface area (Å²) in [6.45, 7) is 2.85. The summed E-state index contributed by atoms with van der Waals surface area (Å²) in [4.78, 5) is 37.0. The molecule has 0 atom stereocenters. The minimum Gasteiger partial charge on any atom is -0.481 e. The zero-order valence-electron chi connectivity index (χ0n) is 15.2. The van der Waals surface area contributed by atoms with E-state index in [0.29, 0.717) is 25.9 Å². The zero-order chi connectivity index (χ0) is 18.7. The van der Waals surface area contributed by atoms with Crippen LogP contribution in [-0.2, 0) is 17.6 Å². The number of carboxylic acid groups (broad SMARTS) is 1. The second-order valence-corrected chi connectivity index (χ2v) is 7.36. The Morgan fingerprint density at radius 3 is 2.31 bits per heavy atom. The summed E-state index contributed by atoms with van der Waals surface area (Å²) >= 11 is 0. The molecule has 0 bridgehead atoms. The van der Waals surface area contributed by atoms with Gasteiger partial charge >= 0.3 is 12.0 Å². The highest BCUT2D eigenvalue weighted by Gasteiger charge is 2.28. The van der Waals surface area contributed by atoms with Crippen molar-refractivity contribution in [1.29, 1.82) is 0 Å². The predicted octanol–water partition coefficient (Wildman–Crippen LogP) is 2.64. The lowest BCUT2D eigenvalue weighted by Crippen LogP contribution is -2.47. The second kappa shape index (κ2) is 7.89. The highest BCUT2D eigenvalue weighted by Crippen LogP contribution is 2.25. The molecule has 0 aromatic heterocycles. The normalized spacial score (nSPS) is 22.9. The molecule has 1 heterocycles. The van der Waals surface area contributed by atoms with Crippen molar-refractivity contribution in [3.8, 4) is 0 Å². The Hall–Kier alpha value is -2.37. The first-order valence-electron chi connectivity index (χ1n) is 9.35. The molecule has 2 N–H and O–H groups in total. The molecule has 3 rings (SSSR count). The van der Waals surface area contributed by atoms with Gasteiger partial charge in [-0.15, -0.1) is 0 Å². The summed E-state index contributed by atoms with van der Waals surface area (Å²) in [5, 5.41) is 12.1. The number of aliphatic carboxylic acids is 1. The quantitative estimate of drug-likeness (QED) is 0.813. The number of nitrogens with zero attached hydrogens (tertiary/aromatic N) is 1. The zero-order valence-corrected chi connectivity index (χ0v) is 15.2. The van der Waals surface area contributed by atoms with E-state index in [1.165, 1.54) is 5.56 Å². The van der Waals surface area contributed by atoms with Crippen molar-refractivity contribution < 1.29 is 19.5 Å². The summed E-state index contributed by atoms with van der Waals surface area (Å²) < 4.78 is 0. The van der Waals surface area contributed by atoms with Crippen LogP contribution in [0.15, 0.2) is 18.2 Å². The van der Waals surface area contributed by atoms with E-state index in [4.69, 9.17) is 5.11 Å². The molecule has 6 nitrogen and oxygen atoms in total. The van der Waals surface area contributed by atoms with E-state index in [-0.39, 0.29) is 23.8 Å². The second-order valence-electron chi connectivity index (χ2n) is 7.36. The van der Waals surface area contributed by atoms with Crippen LogP contribution in [0.4, 0.5) is 4.79 Å². The molecule has 2 aliphatic rings. The molecule has 1 aromatic carbocycles. The SMILES string of the molecule is CC(=O)c1ccc2c(c1)CCN(C(=O)NC1CCC(C(=O)O)CC1)CC2. The molecule has 140 valence electrons. The van der Waals surface area contributed by atoms with Gasteiger partial charge in [0.05, 0.1) is 5.92 Å². The Labute approximate surface area is 153 Å². The Balaban J connectivity index is 1.55. The number of carbonyl (C=O) groups excluding carboxylic acids is 2. The van der Waals surface area contributed by atoms with Gasteiger partial charge in [-0.05, 0) is 62.6 Å². The van der Waals surface area contributed by atoms with Crippen molar-refractivity contribution in [3.63, 3.8) is 0 Å². The Bertz CT molecular complexity index is 708. The lowest BCUT2D eigenvalue weighted by atomic mass is 9.86. The lowest BCUT2D eigenvalue weighted by Gasteiger charge is -2.29. The van der Waals surface area contributed by atoms with Crippen LogP contribution in [0.3, 0.4) is 0 Å². The third kappa shape index (κ3) is 4.23. The van der Waals surface area contributed by atoms with Crippen molar-refractivity contribution in [3.05, 3.63) is 34.9 Å². The summed E-state index contributed by atoms with van der Waals surface area (Å²) in [7, 11) is 0. The number of hydrogen-bond acceptors (Lipinski definition) is 3. The maximum atomic E-state index is 12.6. The first kappa shape index (κ1) is 18.4. The molecule has 0 radical (unpaired) electrons. The molecular formula is C20H26N2O4. The van der Waals surface area contributed by atoms with Crippen LogP contribution < -0.4 is 5.32 Å². The van der Waals surface area contributed by atoms with Gasteiger partial charge in [-0.1, -0.05) is 12.1 Å². The van der Waals surface area contributed by atoms with E-state index in [0.717, 1.165) is 36.8 Å². The summed E-state index contributed by atoms with van der Waals surface area (Å²) in [6, 6.07) is 5.81. The third-order valence-electron chi connectivity index (χ3n) is 5.61. The minimum absolute atomic E-state index is 0.0589. The van der Waals surface area contributed by atoms with Crippen molar-refractivity contribution in [1.82, 2.24) is 10.2 Å². The lowest BCUT2D eigenvalue weighted by molar-refractivity contribution is -0.142. The average Bonchev–Trinajstić information content (AvgIpc) is 2.84. The van der Waals surface area contributed by atoms with Gasteiger partial charge in [0.25, 0.3) is 0 Å². The summed E-state index contributed by atoms with van der Waals surface area (Å²) in [5.74, 6) is -0.945. The summed E-state index contributed by atoms with van der Waals surface area (Å²) in [5.41, 5.74) is 3.07. The molecule has 26 heavy (non-hydrogen) atoms. The Kier molecular flexibility index (Phi) is 5.59. The van der Waals surface area contributed by atoms with Crippen LogP contribution in [0.1, 0.15) is 54.1 Å². The molecule has 1 saturated carbocycles. The molecule has 2 amide bonds. The van der Waals surface area contributed by atoms with Crippen LogP contribution in [0, 0.1) is 5.92 Å². The maximum absolute atomic E-state index is 12.6. The molecule has 1 aliphatic heterocycles. The van der Waals surface area contributed by atoms with E-state index in [1.807, 2.05) is 23.1 Å². The van der Waals surface area contributed by atoms with Gasteiger partial charge in [-0.25, -0.2) is 4.79 Å². The molecule has 1 aliphatic carbocycles. The van der Waals surface area contributed by atoms with Crippen LogP contribution in [0.2, 0.25) is 0 Å². The van der Waals surface area contributed by atoms with Gasteiger partial charge in [-0.3, -0.25) is 9.59 Å². The number of fused-ring (bicyclic) bond motifs is 1. The van der Waals surface area contributed by atoms with Crippen LogP contribution >= 0.6 is 0 Å². The van der Waals surface area contributed by atoms with E-state index in [2.05, 4.69) is 5.32 Å². The molecule has 6 heteroatoms. The van der Waals surface area contributed by atoms with Gasteiger partial charge in [0.15, 0.2) is 5.78 Å². The van der Waals surface area contributed by atoms with E-state index in [1.54, 1.807) is 6.92 Å². The highest BCUT2D eigenvalue weighted by atomic mass is 16.4. The number of Topliss-reactive ketones (excluding diaryl/α,β-unsaturated/α-hetero) is 1. The first-order chi connectivity index (χ1) is 12.4. The van der Waals surface area contributed by atoms with Gasteiger partial charge < -0.3 is 15.3 Å². The van der Waals surface area contributed by atoms with Gasteiger partial charge in [0.2, 0.25) is 0 Å². The molecule has 1 fully saturated rings. The van der Waals surface area contributed by atoms with Gasteiger partial charge in [-0.2, -0.15) is 0 Å². The largest absolute Gasteiger partial charge is 0.481 e.